The van der Waals surface area contributed by atoms with Gasteiger partial charge in [-0.15, -0.1) is 0 Å². The van der Waals surface area contributed by atoms with Crippen molar-refractivity contribution >= 4 is 22.6 Å². The number of hydrogen-bond acceptors (Lipinski definition) is 1. The second-order valence-corrected chi connectivity index (χ2v) is 15.1. The molecule has 3 nitrogen and oxygen atoms in total. The van der Waals surface area contributed by atoms with E-state index in [4.69, 9.17) is 0 Å². The predicted octanol–water partition coefficient (Wildman–Crippen LogP) is 9.59. The Balaban J connectivity index is 1.49. The Bertz CT molecular complexity index is 732. The van der Waals surface area contributed by atoms with Crippen molar-refractivity contribution in [2.45, 2.75) is 122 Å². The first-order chi connectivity index (χ1) is 15.0. The number of halogens is 1. The highest BCUT2D eigenvalue weighted by Gasteiger charge is 2.62. The lowest BCUT2D eigenvalue weighted by atomic mass is 9.43. The van der Waals surface area contributed by atoms with E-state index >= 15 is 0 Å². The molecule has 182 valence electrons. The largest absolute Gasteiger partial charge is 0.0865 e. The zero-order valence-corrected chi connectivity index (χ0v) is 23.8. The van der Waals surface area contributed by atoms with Gasteiger partial charge in [0.15, 0.2) is 0 Å². The van der Waals surface area contributed by atoms with Crippen molar-refractivity contribution in [1.82, 2.24) is 0 Å². The standard InChI is InChI=1S/C28H48IN3/c1-18(2)8-7-9-19(3)22-12-13-23-21-11-10-20-16-28(6,31-32-30)25(29)17-27(20,5)24(21)14-15-26(22,23)4/h18-25H,7-17H2,1-6H3/t19-,20+,21+,22-,23+,24+,25-,26-,27+,28+/m1/s1. The first kappa shape index (κ1) is 25.1. The monoisotopic (exact) mass is 553 g/mol. The van der Waals surface area contributed by atoms with Gasteiger partial charge in [0.25, 0.3) is 0 Å². The summed E-state index contributed by atoms with van der Waals surface area (Å²) in [4.78, 5) is 3.25. The SMILES string of the molecule is CC(C)CCC[C@@H](C)[C@H]1CC[C@H]2[C@@H]3CC[C@H]4C[C@](C)(N=[N+]=[N-])[C@H](I)C[C@]4(C)[C@H]3CC[C@]12C. The molecule has 0 aliphatic heterocycles. The van der Waals surface area contributed by atoms with Crippen LogP contribution < -0.4 is 0 Å². The average Bonchev–Trinajstić information content (AvgIpc) is 3.06. The van der Waals surface area contributed by atoms with Crippen LogP contribution in [0.2, 0.25) is 0 Å². The molecular weight excluding hydrogens is 505 g/mol. The van der Waals surface area contributed by atoms with E-state index in [1.165, 1.54) is 64.2 Å². The van der Waals surface area contributed by atoms with E-state index in [1.54, 1.807) is 0 Å². The second-order valence-electron chi connectivity index (χ2n) is 13.6. The Kier molecular flexibility index (Phi) is 7.26. The van der Waals surface area contributed by atoms with E-state index < -0.39 is 0 Å². The molecular formula is C28H48IN3. The summed E-state index contributed by atoms with van der Waals surface area (Å²) in [5.41, 5.74) is 10.0. The van der Waals surface area contributed by atoms with Gasteiger partial charge in [0, 0.05) is 8.84 Å². The van der Waals surface area contributed by atoms with Crippen LogP contribution in [0.1, 0.15) is 112 Å². The third-order valence-corrected chi connectivity index (χ3v) is 13.3. The fourth-order valence-corrected chi connectivity index (χ4v) is 11.0. The van der Waals surface area contributed by atoms with Crippen LogP contribution in [0.15, 0.2) is 5.11 Å². The molecule has 0 aromatic rings. The summed E-state index contributed by atoms with van der Waals surface area (Å²) in [7, 11) is 0. The summed E-state index contributed by atoms with van der Waals surface area (Å²) >= 11 is 2.62. The summed E-state index contributed by atoms with van der Waals surface area (Å²) in [6.45, 7) is 14.9. The fourth-order valence-electron chi connectivity index (χ4n) is 9.65. The number of nitrogens with zero attached hydrogens (tertiary/aromatic N) is 3. The average molecular weight is 554 g/mol. The van der Waals surface area contributed by atoms with Crippen molar-refractivity contribution in [2.24, 2.45) is 57.4 Å². The van der Waals surface area contributed by atoms with E-state index in [2.05, 4.69) is 74.2 Å². The highest BCUT2D eigenvalue weighted by Crippen LogP contribution is 2.69. The van der Waals surface area contributed by atoms with Crippen molar-refractivity contribution in [3.8, 4) is 0 Å². The molecule has 4 saturated carbocycles. The van der Waals surface area contributed by atoms with E-state index in [0.717, 1.165) is 47.8 Å². The Morgan fingerprint density at radius 1 is 0.938 bits per heavy atom. The summed E-state index contributed by atoms with van der Waals surface area (Å²) in [5.74, 6) is 6.21. The van der Waals surface area contributed by atoms with Gasteiger partial charge in [0.1, 0.15) is 0 Å². The molecule has 0 unspecified atom stereocenters. The quantitative estimate of drug-likeness (QED) is 0.103. The van der Waals surface area contributed by atoms with Crippen LogP contribution in [0.3, 0.4) is 0 Å². The van der Waals surface area contributed by atoms with Crippen molar-refractivity contribution in [3.63, 3.8) is 0 Å². The highest BCUT2D eigenvalue weighted by molar-refractivity contribution is 14.1. The van der Waals surface area contributed by atoms with Gasteiger partial charge >= 0.3 is 0 Å². The van der Waals surface area contributed by atoms with E-state index in [1.807, 2.05) is 0 Å². The summed E-state index contributed by atoms with van der Waals surface area (Å²) in [6, 6.07) is 0. The molecule has 4 aliphatic carbocycles. The third kappa shape index (κ3) is 4.16. The van der Waals surface area contributed by atoms with Gasteiger partial charge in [-0.1, -0.05) is 88.5 Å². The summed E-state index contributed by atoms with van der Waals surface area (Å²) in [6.07, 6.45) is 15.3. The molecule has 0 amide bonds. The molecule has 4 heteroatoms. The Morgan fingerprint density at radius 2 is 1.66 bits per heavy atom. The van der Waals surface area contributed by atoms with Gasteiger partial charge in [-0.3, -0.25) is 0 Å². The third-order valence-electron chi connectivity index (χ3n) is 11.5. The van der Waals surface area contributed by atoms with Gasteiger partial charge in [0.05, 0.1) is 5.54 Å². The molecule has 0 N–H and O–H groups in total. The molecule has 0 aromatic carbocycles. The minimum atomic E-state index is -0.195. The van der Waals surface area contributed by atoms with E-state index in [-0.39, 0.29) is 5.54 Å². The lowest BCUT2D eigenvalue weighted by Crippen LogP contribution is -2.58. The van der Waals surface area contributed by atoms with Crippen molar-refractivity contribution in [3.05, 3.63) is 10.4 Å². The Morgan fingerprint density at radius 3 is 2.34 bits per heavy atom. The molecule has 4 rings (SSSR count). The van der Waals surface area contributed by atoms with Crippen molar-refractivity contribution in [2.75, 3.05) is 0 Å². The van der Waals surface area contributed by atoms with Gasteiger partial charge in [-0.25, -0.2) is 0 Å². The normalized spacial score (nSPS) is 49.0. The van der Waals surface area contributed by atoms with Crippen LogP contribution in [0, 0.1) is 52.3 Å². The topological polar surface area (TPSA) is 48.8 Å². The first-order valence-electron chi connectivity index (χ1n) is 13.8. The zero-order valence-electron chi connectivity index (χ0n) is 21.6. The van der Waals surface area contributed by atoms with Crippen molar-refractivity contribution < 1.29 is 0 Å². The van der Waals surface area contributed by atoms with E-state index in [9.17, 15) is 5.53 Å². The molecule has 0 saturated heterocycles. The summed E-state index contributed by atoms with van der Waals surface area (Å²) in [5, 5.41) is 4.32. The van der Waals surface area contributed by atoms with Gasteiger partial charge in [-0.05, 0) is 109 Å². The Labute approximate surface area is 211 Å². The fraction of sp³-hybridized carbons (Fsp3) is 1.00. The van der Waals surface area contributed by atoms with Gasteiger partial charge < -0.3 is 0 Å². The molecule has 4 aliphatic rings. The molecule has 0 radical (unpaired) electrons. The minimum absolute atomic E-state index is 0.195. The first-order valence-corrected chi connectivity index (χ1v) is 15.0. The maximum atomic E-state index is 9.19. The lowest BCUT2D eigenvalue weighted by molar-refractivity contribution is -0.120. The van der Waals surface area contributed by atoms with Crippen LogP contribution >= 0.6 is 22.6 Å². The predicted molar refractivity (Wildman–Crippen MR) is 144 cm³/mol. The lowest BCUT2D eigenvalue weighted by Gasteiger charge is -2.63. The van der Waals surface area contributed by atoms with E-state index in [0.29, 0.717) is 14.8 Å². The van der Waals surface area contributed by atoms with Crippen LogP contribution in [0.4, 0.5) is 0 Å². The molecule has 0 spiro atoms. The van der Waals surface area contributed by atoms with Crippen LogP contribution in [-0.4, -0.2) is 9.46 Å². The number of fused-ring (bicyclic) bond motifs is 5. The zero-order chi connectivity index (χ0) is 23.3. The summed E-state index contributed by atoms with van der Waals surface area (Å²) < 4.78 is 0.460. The number of azide groups is 1. The molecule has 0 heterocycles. The number of rotatable bonds is 6. The minimum Gasteiger partial charge on any atom is -0.0865 e. The smallest absolute Gasteiger partial charge is 0.0580 e. The maximum Gasteiger partial charge on any atom is 0.0580 e. The maximum absolute atomic E-state index is 9.19. The van der Waals surface area contributed by atoms with Crippen LogP contribution in [-0.2, 0) is 0 Å². The van der Waals surface area contributed by atoms with Gasteiger partial charge in [-0.2, -0.15) is 0 Å². The highest BCUT2D eigenvalue weighted by atomic mass is 127. The molecule has 4 fully saturated rings. The van der Waals surface area contributed by atoms with Gasteiger partial charge in [0.2, 0.25) is 0 Å². The Hall–Kier alpha value is 0.0400. The molecule has 10 atom stereocenters. The van der Waals surface area contributed by atoms with Crippen LogP contribution in [0.5, 0.6) is 0 Å². The molecule has 0 bridgehead atoms. The molecule has 0 aromatic heterocycles. The van der Waals surface area contributed by atoms with Crippen LogP contribution in [0.25, 0.3) is 10.4 Å². The molecule has 32 heavy (non-hydrogen) atoms. The number of hydrogen-bond donors (Lipinski definition) is 0. The van der Waals surface area contributed by atoms with Crippen molar-refractivity contribution in [1.29, 1.82) is 0 Å². The second kappa shape index (κ2) is 9.25. The number of alkyl halides is 1.